The van der Waals surface area contributed by atoms with Crippen LogP contribution in [0.2, 0.25) is 0 Å². The van der Waals surface area contributed by atoms with E-state index in [0.717, 1.165) is 33.9 Å². The average molecular weight is 329 g/mol. The average Bonchev–Trinajstić information content (AvgIpc) is 2.78. The normalized spacial score (nSPS) is 10.8. The van der Waals surface area contributed by atoms with Crippen LogP contribution < -0.4 is 5.32 Å². The molecule has 2 aromatic rings. The molecule has 1 N–H and O–H groups in total. The van der Waals surface area contributed by atoms with E-state index in [0.29, 0.717) is 5.56 Å². The molecule has 0 unspecified atom stereocenters. The molecule has 18 heavy (non-hydrogen) atoms. The highest BCUT2D eigenvalue weighted by Gasteiger charge is 2.09. The Hall–Kier alpha value is -0.780. The van der Waals surface area contributed by atoms with Gasteiger partial charge in [-0.2, -0.15) is 0 Å². The highest BCUT2D eigenvalue weighted by molar-refractivity contribution is 9.10. The first-order valence-corrected chi connectivity index (χ1v) is 7.42. The van der Waals surface area contributed by atoms with Gasteiger partial charge in [0.05, 0.1) is 0 Å². The van der Waals surface area contributed by atoms with Crippen molar-refractivity contribution >= 4 is 27.3 Å². The topological polar surface area (TPSA) is 24.9 Å². The Morgan fingerprint density at radius 2 is 2.28 bits per heavy atom. The van der Waals surface area contributed by atoms with E-state index in [2.05, 4.69) is 33.2 Å². The third kappa shape index (κ3) is 3.37. The van der Waals surface area contributed by atoms with E-state index >= 15 is 0 Å². The standard InChI is InChI=1S/C13H14BrFN2S/c1-2-5-16-7-10-8-17-13(18-10)11-4-3-9(14)6-12(11)15/h3-4,6,8,16H,2,5,7H2,1H3. The van der Waals surface area contributed by atoms with Gasteiger partial charge in [-0.1, -0.05) is 22.9 Å². The molecule has 0 aliphatic rings. The van der Waals surface area contributed by atoms with Crippen molar-refractivity contribution in [1.82, 2.24) is 10.3 Å². The molecule has 2 rings (SSSR count). The minimum Gasteiger partial charge on any atom is -0.312 e. The Balaban J connectivity index is 2.13. The molecule has 1 aromatic heterocycles. The third-order valence-corrected chi connectivity index (χ3v) is 3.96. The Labute approximate surface area is 118 Å². The minimum atomic E-state index is -0.244. The van der Waals surface area contributed by atoms with Gasteiger partial charge < -0.3 is 5.32 Å². The van der Waals surface area contributed by atoms with Crippen LogP contribution in [-0.4, -0.2) is 11.5 Å². The molecule has 96 valence electrons. The van der Waals surface area contributed by atoms with Crippen LogP contribution in [0.25, 0.3) is 10.6 Å². The largest absolute Gasteiger partial charge is 0.312 e. The van der Waals surface area contributed by atoms with E-state index in [1.165, 1.54) is 17.4 Å². The lowest BCUT2D eigenvalue weighted by Gasteiger charge is -2.00. The molecule has 0 saturated heterocycles. The van der Waals surface area contributed by atoms with Crippen LogP contribution >= 0.6 is 27.3 Å². The van der Waals surface area contributed by atoms with Crippen molar-refractivity contribution < 1.29 is 4.39 Å². The number of benzene rings is 1. The lowest BCUT2D eigenvalue weighted by molar-refractivity contribution is 0.630. The fraction of sp³-hybridized carbons (Fsp3) is 0.308. The number of aromatic nitrogens is 1. The van der Waals surface area contributed by atoms with E-state index in [4.69, 9.17) is 0 Å². The zero-order valence-electron chi connectivity index (χ0n) is 10.0. The minimum absolute atomic E-state index is 0.244. The number of hydrogen-bond acceptors (Lipinski definition) is 3. The Bertz CT molecular complexity index is 527. The summed E-state index contributed by atoms with van der Waals surface area (Å²) < 4.78 is 14.5. The molecule has 0 amide bonds. The fourth-order valence-electron chi connectivity index (χ4n) is 1.57. The molecule has 0 atom stereocenters. The maximum Gasteiger partial charge on any atom is 0.134 e. The fourth-order valence-corrected chi connectivity index (χ4v) is 2.81. The molecule has 0 aliphatic heterocycles. The van der Waals surface area contributed by atoms with Gasteiger partial charge in [-0.3, -0.25) is 0 Å². The summed E-state index contributed by atoms with van der Waals surface area (Å²) in [6, 6.07) is 5.04. The van der Waals surface area contributed by atoms with Gasteiger partial charge in [0.15, 0.2) is 0 Å². The van der Waals surface area contributed by atoms with Crippen molar-refractivity contribution in [3.63, 3.8) is 0 Å². The summed E-state index contributed by atoms with van der Waals surface area (Å²) in [6.45, 7) is 3.91. The SMILES string of the molecule is CCCNCc1cnc(-c2ccc(Br)cc2F)s1. The van der Waals surface area contributed by atoms with Crippen LogP contribution in [0, 0.1) is 5.82 Å². The highest BCUT2D eigenvalue weighted by atomic mass is 79.9. The molecule has 5 heteroatoms. The summed E-state index contributed by atoms with van der Waals surface area (Å²) in [5.74, 6) is -0.244. The molecular formula is C13H14BrFN2S. The zero-order chi connectivity index (χ0) is 13.0. The molecule has 1 heterocycles. The molecule has 2 nitrogen and oxygen atoms in total. The van der Waals surface area contributed by atoms with E-state index in [9.17, 15) is 4.39 Å². The predicted molar refractivity (Wildman–Crippen MR) is 77.2 cm³/mol. The van der Waals surface area contributed by atoms with Gasteiger partial charge >= 0.3 is 0 Å². The monoisotopic (exact) mass is 328 g/mol. The Morgan fingerprint density at radius 1 is 1.44 bits per heavy atom. The second kappa shape index (κ2) is 6.41. The highest BCUT2D eigenvalue weighted by Crippen LogP contribution is 2.29. The number of nitrogens with one attached hydrogen (secondary N) is 1. The summed E-state index contributed by atoms with van der Waals surface area (Å²) in [5.41, 5.74) is 0.560. The van der Waals surface area contributed by atoms with E-state index in [1.54, 1.807) is 6.07 Å². The molecule has 1 aromatic carbocycles. The molecule has 0 aliphatic carbocycles. The smallest absolute Gasteiger partial charge is 0.134 e. The first kappa shape index (κ1) is 13.6. The lowest BCUT2D eigenvalue weighted by atomic mass is 10.2. The Morgan fingerprint density at radius 3 is 3.00 bits per heavy atom. The zero-order valence-corrected chi connectivity index (χ0v) is 12.4. The van der Waals surface area contributed by atoms with E-state index in [1.807, 2.05) is 12.3 Å². The van der Waals surface area contributed by atoms with Gasteiger partial charge in [0.25, 0.3) is 0 Å². The van der Waals surface area contributed by atoms with Crippen molar-refractivity contribution in [2.75, 3.05) is 6.54 Å². The summed E-state index contributed by atoms with van der Waals surface area (Å²) in [7, 11) is 0. The predicted octanol–water partition coefficient (Wildman–Crippen LogP) is 4.21. The first-order valence-electron chi connectivity index (χ1n) is 5.81. The van der Waals surface area contributed by atoms with Crippen LogP contribution in [0.15, 0.2) is 28.9 Å². The van der Waals surface area contributed by atoms with Gasteiger partial charge in [-0.05, 0) is 31.2 Å². The number of rotatable bonds is 5. The van der Waals surface area contributed by atoms with Crippen molar-refractivity contribution in [1.29, 1.82) is 0 Å². The van der Waals surface area contributed by atoms with Crippen LogP contribution in [0.3, 0.4) is 0 Å². The summed E-state index contributed by atoms with van der Waals surface area (Å²) in [4.78, 5) is 5.40. The van der Waals surface area contributed by atoms with Gasteiger partial charge in [0, 0.05) is 27.7 Å². The van der Waals surface area contributed by atoms with E-state index in [-0.39, 0.29) is 5.82 Å². The molecular weight excluding hydrogens is 315 g/mol. The van der Waals surface area contributed by atoms with Crippen LogP contribution in [0.1, 0.15) is 18.2 Å². The second-order valence-electron chi connectivity index (χ2n) is 3.93. The second-order valence-corrected chi connectivity index (χ2v) is 5.96. The summed E-state index contributed by atoms with van der Waals surface area (Å²) >= 11 is 4.78. The van der Waals surface area contributed by atoms with Crippen molar-refractivity contribution in [3.8, 4) is 10.6 Å². The third-order valence-electron chi connectivity index (χ3n) is 2.44. The van der Waals surface area contributed by atoms with E-state index < -0.39 is 0 Å². The number of halogens is 2. The summed E-state index contributed by atoms with van der Waals surface area (Å²) in [5, 5.41) is 4.04. The lowest BCUT2D eigenvalue weighted by Crippen LogP contribution is -2.12. The number of thiazole rings is 1. The van der Waals surface area contributed by atoms with Gasteiger partial charge in [0.1, 0.15) is 10.8 Å². The molecule has 0 saturated carbocycles. The molecule has 0 bridgehead atoms. The van der Waals surface area contributed by atoms with Crippen molar-refractivity contribution in [2.24, 2.45) is 0 Å². The molecule has 0 radical (unpaired) electrons. The van der Waals surface area contributed by atoms with Crippen LogP contribution in [-0.2, 0) is 6.54 Å². The van der Waals surface area contributed by atoms with Crippen molar-refractivity contribution in [2.45, 2.75) is 19.9 Å². The van der Waals surface area contributed by atoms with Crippen molar-refractivity contribution in [3.05, 3.63) is 39.6 Å². The maximum absolute atomic E-state index is 13.8. The first-order chi connectivity index (χ1) is 8.70. The quantitative estimate of drug-likeness (QED) is 0.831. The molecule has 0 fully saturated rings. The van der Waals surface area contributed by atoms with Crippen LogP contribution in [0.5, 0.6) is 0 Å². The number of nitrogens with zero attached hydrogens (tertiary/aromatic N) is 1. The molecule has 0 spiro atoms. The van der Waals surface area contributed by atoms with Gasteiger partial charge in [-0.25, -0.2) is 9.37 Å². The van der Waals surface area contributed by atoms with Crippen LogP contribution in [0.4, 0.5) is 4.39 Å². The summed E-state index contributed by atoms with van der Waals surface area (Å²) in [6.07, 6.45) is 2.91. The Kier molecular flexibility index (Phi) is 4.86. The van der Waals surface area contributed by atoms with Gasteiger partial charge in [-0.15, -0.1) is 11.3 Å². The number of hydrogen-bond donors (Lipinski definition) is 1. The maximum atomic E-state index is 13.8. The van der Waals surface area contributed by atoms with Gasteiger partial charge in [0.2, 0.25) is 0 Å².